The van der Waals surface area contributed by atoms with Crippen molar-refractivity contribution in [2.24, 2.45) is 0 Å². The number of pyridine rings is 1. The van der Waals surface area contributed by atoms with E-state index in [-0.39, 0.29) is 5.92 Å². The van der Waals surface area contributed by atoms with E-state index in [1.165, 1.54) is 11.1 Å². The molecule has 1 unspecified atom stereocenters. The van der Waals surface area contributed by atoms with E-state index in [9.17, 15) is 4.79 Å². The summed E-state index contributed by atoms with van der Waals surface area (Å²) in [6.45, 7) is 0. The summed E-state index contributed by atoms with van der Waals surface area (Å²) in [5.74, 6) is 0.259. The van der Waals surface area contributed by atoms with Gasteiger partial charge in [-0.2, -0.15) is 0 Å². The number of nitrogens with zero attached hydrogens (tertiary/aromatic N) is 1. The molecule has 2 rings (SSSR count). The fourth-order valence-electron chi connectivity index (χ4n) is 2.03. The van der Waals surface area contributed by atoms with E-state index < -0.39 is 0 Å². The first-order valence-corrected chi connectivity index (χ1v) is 5.80. The zero-order valence-electron chi connectivity index (χ0n) is 9.62. The minimum atomic E-state index is 0.259. The van der Waals surface area contributed by atoms with Crippen molar-refractivity contribution in [2.75, 3.05) is 0 Å². The molecule has 0 N–H and O–H groups in total. The number of benzene rings is 1. The molecular weight excluding hydrogens is 210 g/mol. The molecular formula is C15H15NO. The quantitative estimate of drug-likeness (QED) is 0.731. The third-order valence-electron chi connectivity index (χ3n) is 2.86. The summed E-state index contributed by atoms with van der Waals surface area (Å²) in [7, 11) is 0. The Labute approximate surface area is 101 Å². The largest absolute Gasteiger partial charge is 0.303 e. The van der Waals surface area contributed by atoms with Crippen LogP contribution in [-0.2, 0) is 4.79 Å². The number of aldehydes is 1. The molecule has 1 atom stereocenters. The summed E-state index contributed by atoms with van der Waals surface area (Å²) >= 11 is 0. The van der Waals surface area contributed by atoms with E-state index in [4.69, 9.17) is 0 Å². The fourth-order valence-corrected chi connectivity index (χ4v) is 2.03. The second-order valence-corrected chi connectivity index (χ2v) is 3.99. The Morgan fingerprint density at radius 2 is 1.82 bits per heavy atom. The van der Waals surface area contributed by atoms with Crippen molar-refractivity contribution < 1.29 is 4.79 Å². The predicted octanol–water partition coefficient (Wildman–Crippen LogP) is 3.19. The lowest BCUT2D eigenvalue weighted by atomic mass is 9.89. The molecule has 0 aliphatic rings. The Kier molecular flexibility index (Phi) is 4.03. The smallest absolute Gasteiger partial charge is 0.120 e. The maximum Gasteiger partial charge on any atom is 0.120 e. The van der Waals surface area contributed by atoms with Gasteiger partial charge in [0.15, 0.2) is 0 Å². The average molecular weight is 225 g/mol. The van der Waals surface area contributed by atoms with Crippen molar-refractivity contribution in [3.8, 4) is 0 Å². The number of rotatable bonds is 5. The lowest BCUT2D eigenvalue weighted by Crippen LogP contribution is -2.02. The van der Waals surface area contributed by atoms with Gasteiger partial charge in [-0.3, -0.25) is 4.98 Å². The number of hydrogen-bond donors (Lipinski definition) is 0. The minimum Gasteiger partial charge on any atom is -0.303 e. The number of hydrogen-bond acceptors (Lipinski definition) is 2. The van der Waals surface area contributed by atoms with Gasteiger partial charge in [-0.25, -0.2) is 0 Å². The number of carbonyl (C=O) groups is 1. The highest BCUT2D eigenvalue weighted by molar-refractivity contribution is 5.50. The Bertz CT molecular complexity index is 413. The van der Waals surface area contributed by atoms with Crippen molar-refractivity contribution in [1.29, 1.82) is 0 Å². The van der Waals surface area contributed by atoms with Crippen LogP contribution in [0.5, 0.6) is 0 Å². The van der Waals surface area contributed by atoms with Crippen LogP contribution in [0, 0.1) is 0 Å². The monoisotopic (exact) mass is 225 g/mol. The third-order valence-corrected chi connectivity index (χ3v) is 2.86. The first-order chi connectivity index (χ1) is 8.42. The first-order valence-electron chi connectivity index (χ1n) is 5.80. The van der Waals surface area contributed by atoms with Crippen LogP contribution in [0.4, 0.5) is 0 Å². The van der Waals surface area contributed by atoms with Gasteiger partial charge in [0.25, 0.3) is 0 Å². The van der Waals surface area contributed by atoms with Crippen molar-refractivity contribution in [1.82, 2.24) is 4.98 Å². The highest BCUT2D eigenvalue weighted by Gasteiger charge is 2.13. The molecule has 0 saturated heterocycles. The first kappa shape index (κ1) is 11.5. The summed E-state index contributed by atoms with van der Waals surface area (Å²) in [5, 5.41) is 0. The van der Waals surface area contributed by atoms with Crippen molar-refractivity contribution in [3.63, 3.8) is 0 Å². The van der Waals surface area contributed by atoms with Crippen LogP contribution in [0.2, 0.25) is 0 Å². The summed E-state index contributed by atoms with van der Waals surface area (Å²) in [6.07, 6.45) is 6.04. The zero-order valence-corrected chi connectivity index (χ0v) is 9.62. The van der Waals surface area contributed by atoms with E-state index >= 15 is 0 Å². The van der Waals surface area contributed by atoms with Crippen molar-refractivity contribution >= 4 is 6.29 Å². The van der Waals surface area contributed by atoms with Gasteiger partial charge in [0, 0.05) is 24.7 Å². The van der Waals surface area contributed by atoms with Gasteiger partial charge in [0.2, 0.25) is 0 Å². The summed E-state index contributed by atoms with van der Waals surface area (Å²) < 4.78 is 0. The van der Waals surface area contributed by atoms with Crippen LogP contribution < -0.4 is 0 Å². The van der Waals surface area contributed by atoms with Crippen molar-refractivity contribution in [2.45, 2.75) is 18.8 Å². The molecule has 0 spiro atoms. The fraction of sp³-hybridized carbons (Fsp3) is 0.200. The highest BCUT2D eigenvalue weighted by Crippen LogP contribution is 2.27. The molecule has 0 fully saturated rings. The van der Waals surface area contributed by atoms with E-state index in [0.717, 1.165) is 12.7 Å². The van der Waals surface area contributed by atoms with Crippen LogP contribution in [0.3, 0.4) is 0 Å². The molecule has 2 aromatic rings. The van der Waals surface area contributed by atoms with Crippen LogP contribution >= 0.6 is 0 Å². The van der Waals surface area contributed by atoms with E-state index in [2.05, 4.69) is 23.2 Å². The third kappa shape index (κ3) is 3.00. The standard InChI is InChI=1S/C15H15NO/c17-11-5-9-15(13-6-2-1-3-7-13)14-8-4-10-16-12-14/h1-4,6-8,10-12,15H,5,9H2. The zero-order chi connectivity index (χ0) is 11.9. The summed E-state index contributed by atoms with van der Waals surface area (Å²) in [5.41, 5.74) is 2.41. The Morgan fingerprint density at radius 1 is 1.06 bits per heavy atom. The summed E-state index contributed by atoms with van der Waals surface area (Å²) in [6, 6.07) is 14.3. The summed E-state index contributed by atoms with van der Waals surface area (Å²) in [4.78, 5) is 14.7. The van der Waals surface area contributed by atoms with E-state index in [0.29, 0.717) is 6.42 Å². The molecule has 86 valence electrons. The van der Waals surface area contributed by atoms with Gasteiger partial charge < -0.3 is 4.79 Å². The highest BCUT2D eigenvalue weighted by atomic mass is 16.1. The van der Waals surface area contributed by atoms with Gasteiger partial charge in [-0.15, -0.1) is 0 Å². The minimum absolute atomic E-state index is 0.259. The topological polar surface area (TPSA) is 30.0 Å². The van der Waals surface area contributed by atoms with E-state index in [1.807, 2.05) is 30.5 Å². The molecule has 0 bridgehead atoms. The molecule has 0 amide bonds. The Balaban J connectivity index is 2.29. The molecule has 0 aliphatic heterocycles. The predicted molar refractivity (Wildman–Crippen MR) is 67.8 cm³/mol. The molecule has 17 heavy (non-hydrogen) atoms. The molecule has 1 heterocycles. The Hall–Kier alpha value is -1.96. The molecule has 2 heteroatoms. The second-order valence-electron chi connectivity index (χ2n) is 3.99. The van der Waals surface area contributed by atoms with Gasteiger partial charge >= 0.3 is 0 Å². The lowest BCUT2D eigenvalue weighted by Gasteiger charge is -2.16. The van der Waals surface area contributed by atoms with E-state index in [1.54, 1.807) is 6.20 Å². The lowest BCUT2D eigenvalue weighted by molar-refractivity contribution is -0.107. The van der Waals surface area contributed by atoms with Gasteiger partial charge in [-0.05, 0) is 23.6 Å². The second kappa shape index (κ2) is 5.94. The molecule has 0 radical (unpaired) electrons. The normalized spacial score (nSPS) is 12.0. The maximum atomic E-state index is 10.6. The van der Waals surface area contributed by atoms with Crippen LogP contribution in [-0.4, -0.2) is 11.3 Å². The van der Waals surface area contributed by atoms with Crippen LogP contribution in [0.25, 0.3) is 0 Å². The van der Waals surface area contributed by atoms with Gasteiger partial charge in [-0.1, -0.05) is 36.4 Å². The molecule has 0 saturated carbocycles. The number of aromatic nitrogens is 1. The van der Waals surface area contributed by atoms with Gasteiger partial charge in [0.1, 0.15) is 6.29 Å². The van der Waals surface area contributed by atoms with Crippen molar-refractivity contribution in [3.05, 3.63) is 66.0 Å². The average Bonchev–Trinajstić information content (AvgIpc) is 2.42. The number of carbonyl (C=O) groups excluding carboxylic acids is 1. The molecule has 0 aliphatic carbocycles. The SMILES string of the molecule is O=CCCC(c1ccccc1)c1cccnc1. The molecule has 1 aromatic heterocycles. The van der Waals surface area contributed by atoms with Crippen LogP contribution in [0.1, 0.15) is 29.9 Å². The maximum absolute atomic E-state index is 10.6. The molecule has 2 nitrogen and oxygen atoms in total. The van der Waals surface area contributed by atoms with Gasteiger partial charge in [0.05, 0.1) is 0 Å². The van der Waals surface area contributed by atoms with Crippen LogP contribution in [0.15, 0.2) is 54.9 Å². The molecule has 1 aromatic carbocycles. The Morgan fingerprint density at radius 3 is 2.47 bits per heavy atom.